The van der Waals surface area contributed by atoms with Gasteiger partial charge in [0.2, 0.25) is 5.95 Å². The number of nitrogen functional groups attached to an aromatic ring is 1. The van der Waals surface area contributed by atoms with Crippen LogP contribution in [0, 0.1) is 11.6 Å². The molecule has 1 aromatic carbocycles. The minimum Gasteiger partial charge on any atom is -0.382 e. The van der Waals surface area contributed by atoms with E-state index in [9.17, 15) is 8.78 Å². The molecule has 0 bridgehead atoms. The van der Waals surface area contributed by atoms with Crippen molar-refractivity contribution >= 4 is 17.0 Å². The fourth-order valence-electron chi connectivity index (χ4n) is 1.97. The van der Waals surface area contributed by atoms with Crippen molar-refractivity contribution in [1.82, 2.24) is 9.55 Å². The molecule has 0 saturated heterocycles. The molecule has 0 unspecified atom stereocenters. The van der Waals surface area contributed by atoms with Crippen molar-refractivity contribution < 1.29 is 18.3 Å². The molecule has 1 heterocycles. The van der Waals surface area contributed by atoms with Gasteiger partial charge in [-0.2, -0.15) is 0 Å². The molecule has 110 valence electrons. The molecule has 0 aliphatic heterocycles. The van der Waals surface area contributed by atoms with E-state index in [4.69, 9.17) is 15.2 Å². The quantitative estimate of drug-likeness (QED) is 0.790. The highest BCUT2D eigenvalue weighted by atomic mass is 19.1. The van der Waals surface area contributed by atoms with Crippen molar-refractivity contribution in [3.05, 3.63) is 23.8 Å². The molecule has 2 N–H and O–H groups in total. The van der Waals surface area contributed by atoms with E-state index >= 15 is 0 Å². The van der Waals surface area contributed by atoms with Crippen LogP contribution < -0.4 is 5.73 Å². The maximum Gasteiger partial charge on any atom is 0.201 e. The van der Waals surface area contributed by atoms with Crippen LogP contribution in [0.2, 0.25) is 0 Å². The van der Waals surface area contributed by atoms with Crippen molar-refractivity contribution in [2.45, 2.75) is 13.0 Å². The number of benzene rings is 1. The summed E-state index contributed by atoms with van der Waals surface area (Å²) in [6, 6.07) is 2.03. The molecule has 2 aromatic rings. The average Bonchev–Trinajstić information content (AvgIpc) is 2.71. The van der Waals surface area contributed by atoms with Crippen LogP contribution in [0.1, 0.15) is 6.42 Å². The number of rotatable bonds is 7. The molecule has 0 amide bonds. The van der Waals surface area contributed by atoms with Crippen LogP contribution in [-0.4, -0.2) is 36.5 Å². The number of hydrogen-bond donors (Lipinski definition) is 1. The predicted molar refractivity (Wildman–Crippen MR) is 71.4 cm³/mol. The lowest BCUT2D eigenvalue weighted by Crippen LogP contribution is -2.08. The van der Waals surface area contributed by atoms with E-state index in [1.807, 2.05) is 0 Å². The first-order valence-corrected chi connectivity index (χ1v) is 6.31. The van der Waals surface area contributed by atoms with Gasteiger partial charge in [0, 0.05) is 32.4 Å². The second kappa shape index (κ2) is 6.62. The number of hydrogen-bond acceptors (Lipinski definition) is 4. The number of aryl methyl sites for hydroxylation is 1. The van der Waals surface area contributed by atoms with Crippen molar-refractivity contribution in [1.29, 1.82) is 0 Å². The molecule has 1 aromatic heterocycles. The zero-order valence-corrected chi connectivity index (χ0v) is 11.2. The predicted octanol–water partition coefficient (Wildman–Crippen LogP) is 1.95. The maximum atomic E-state index is 13.6. The first kappa shape index (κ1) is 14.7. The van der Waals surface area contributed by atoms with Gasteiger partial charge < -0.3 is 19.8 Å². The number of aromatic nitrogens is 2. The monoisotopic (exact) mass is 285 g/mol. The van der Waals surface area contributed by atoms with Gasteiger partial charge in [-0.3, -0.25) is 0 Å². The third-order valence-corrected chi connectivity index (χ3v) is 2.90. The average molecular weight is 285 g/mol. The lowest BCUT2D eigenvalue weighted by molar-refractivity contribution is 0.0682. The van der Waals surface area contributed by atoms with E-state index in [0.29, 0.717) is 38.3 Å². The summed E-state index contributed by atoms with van der Waals surface area (Å²) in [5.74, 6) is -1.18. The van der Waals surface area contributed by atoms with E-state index < -0.39 is 11.6 Å². The number of anilines is 1. The van der Waals surface area contributed by atoms with Crippen molar-refractivity contribution in [2.24, 2.45) is 0 Å². The minimum atomic E-state index is -0.707. The molecule has 0 spiro atoms. The molecule has 0 saturated carbocycles. The maximum absolute atomic E-state index is 13.6. The van der Waals surface area contributed by atoms with E-state index in [0.717, 1.165) is 6.07 Å². The number of nitrogens with zero attached hydrogens (tertiary/aromatic N) is 2. The first-order valence-electron chi connectivity index (χ1n) is 6.31. The van der Waals surface area contributed by atoms with Gasteiger partial charge in [-0.1, -0.05) is 0 Å². The Morgan fingerprint density at radius 3 is 2.80 bits per heavy atom. The fraction of sp³-hybridized carbons (Fsp3) is 0.462. The zero-order valence-electron chi connectivity index (χ0n) is 11.2. The van der Waals surface area contributed by atoms with E-state index in [-0.39, 0.29) is 11.5 Å². The SMILES string of the molecule is COCCOCCCn1c(N)nc2c(F)cc(F)cc21. The Morgan fingerprint density at radius 1 is 1.25 bits per heavy atom. The molecule has 7 heteroatoms. The molecular formula is C13H17F2N3O2. The second-order valence-corrected chi connectivity index (χ2v) is 4.34. The van der Waals surface area contributed by atoms with Crippen molar-refractivity contribution in [3.63, 3.8) is 0 Å². The van der Waals surface area contributed by atoms with Gasteiger partial charge in [0.15, 0.2) is 5.82 Å². The molecule has 0 fully saturated rings. The summed E-state index contributed by atoms with van der Waals surface area (Å²) in [4.78, 5) is 3.92. The highest BCUT2D eigenvalue weighted by Crippen LogP contribution is 2.22. The highest BCUT2D eigenvalue weighted by molar-refractivity contribution is 5.79. The number of imidazole rings is 1. The lowest BCUT2D eigenvalue weighted by Gasteiger charge is -2.07. The van der Waals surface area contributed by atoms with E-state index in [2.05, 4.69) is 4.98 Å². The third kappa shape index (κ3) is 3.23. The molecule has 0 aliphatic rings. The van der Waals surface area contributed by atoms with Crippen LogP contribution in [0.25, 0.3) is 11.0 Å². The number of nitrogens with two attached hydrogens (primary N) is 1. The number of fused-ring (bicyclic) bond motifs is 1. The van der Waals surface area contributed by atoms with Crippen LogP contribution in [0.5, 0.6) is 0 Å². The Kier molecular flexibility index (Phi) is 4.86. The van der Waals surface area contributed by atoms with Crippen LogP contribution in [0.15, 0.2) is 12.1 Å². The van der Waals surface area contributed by atoms with Gasteiger partial charge in [0.25, 0.3) is 0 Å². The fourth-order valence-corrected chi connectivity index (χ4v) is 1.97. The summed E-state index contributed by atoms with van der Waals surface area (Å²) in [5.41, 5.74) is 6.18. The summed E-state index contributed by atoms with van der Waals surface area (Å²) >= 11 is 0. The summed E-state index contributed by atoms with van der Waals surface area (Å²) in [7, 11) is 1.60. The van der Waals surface area contributed by atoms with Gasteiger partial charge in [-0.05, 0) is 6.42 Å². The molecular weight excluding hydrogens is 268 g/mol. The summed E-state index contributed by atoms with van der Waals surface area (Å²) in [6.45, 7) is 2.05. The smallest absolute Gasteiger partial charge is 0.201 e. The lowest BCUT2D eigenvalue weighted by atomic mass is 10.3. The van der Waals surface area contributed by atoms with Gasteiger partial charge >= 0.3 is 0 Å². The topological polar surface area (TPSA) is 62.3 Å². The van der Waals surface area contributed by atoms with Crippen LogP contribution in [0.3, 0.4) is 0 Å². The number of ether oxygens (including phenoxy) is 2. The third-order valence-electron chi connectivity index (χ3n) is 2.90. The van der Waals surface area contributed by atoms with Crippen LogP contribution in [-0.2, 0) is 16.0 Å². The first-order chi connectivity index (χ1) is 9.63. The Balaban J connectivity index is 2.04. The molecule has 2 rings (SSSR count). The van der Waals surface area contributed by atoms with Gasteiger partial charge in [0.05, 0.1) is 18.7 Å². The summed E-state index contributed by atoms with van der Waals surface area (Å²) < 4.78 is 38.6. The molecule has 0 atom stereocenters. The molecule has 20 heavy (non-hydrogen) atoms. The second-order valence-electron chi connectivity index (χ2n) is 4.34. The Hall–Kier alpha value is -1.73. The highest BCUT2D eigenvalue weighted by Gasteiger charge is 2.13. The standard InChI is InChI=1S/C13H17F2N3O2/c1-19-5-6-20-4-2-3-18-11-8-9(14)7-10(15)12(11)17-13(18)16/h7-8H,2-6H2,1H3,(H2,16,17). The normalized spacial score (nSPS) is 11.3. The van der Waals surface area contributed by atoms with E-state index in [1.54, 1.807) is 11.7 Å². The van der Waals surface area contributed by atoms with Crippen molar-refractivity contribution in [2.75, 3.05) is 32.7 Å². The molecule has 0 aliphatic carbocycles. The molecule has 0 radical (unpaired) electrons. The largest absolute Gasteiger partial charge is 0.382 e. The Labute approximate surface area is 115 Å². The number of halogens is 2. The Bertz CT molecular complexity index is 586. The van der Waals surface area contributed by atoms with Crippen LogP contribution in [0.4, 0.5) is 14.7 Å². The van der Waals surface area contributed by atoms with Gasteiger partial charge in [-0.15, -0.1) is 0 Å². The van der Waals surface area contributed by atoms with Gasteiger partial charge in [-0.25, -0.2) is 13.8 Å². The summed E-state index contributed by atoms with van der Waals surface area (Å²) in [5, 5.41) is 0. The summed E-state index contributed by atoms with van der Waals surface area (Å²) in [6.07, 6.45) is 0.664. The zero-order chi connectivity index (χ0) is 14.5. The molecule has 5 nitrogen and oxygen atoms in total. The Morgan fingerprint density at radius 2 is 2.05 bits per heavy atom. The van der Waals surface area contributed by atoms with Crippen molar-refractivity contribution in [3.8, 4) is 0 Å². The number of methoxy groups -OCH3 is 1. The van der Waals surface area contributed by atoms with Gasteiger partial charge in [0.1, 0.15) is 11.3 Å². The van der Waals surface area contributed by atoms with Crippen LogP contribution >= 0.6 is 0 Å². The minimum absolute atomic E-state index is 0.0872. The van der Waals surface area contributed by atoms with E-state index in [1.165, 1.54) is 6.07 Å².